The third-order valence-electron chi connectivity index (χ3n) is 5.97. The molecule has 0 saturated carbocycles. The van der Waals surface area contributed by atoms with E-state index in [-0.39, 0.29) is 12.7 Å². The highest BCUT2D eigenvalue weighted by molar-refractivity contribution is 5.93. The van der Waals surface area contributed by atoms with Crippen molar-refractivity contribution in [2.45, 2.75) is 12.8 Å². The Morgan fingerprint density at radius 1 is 1.00 bits per heavy atom. The van der Waals surface area contributed by atoms with Crippen LogP contribution in [0.25, 0.3) is 22.3 Å². The predicted molar refractivity (Wildman–Crippen MR) is 131 cm³/mol. The molecule has 34 heavy (non-hydrogen) atoms. The summed E-state index contributed by atoms with van der Waals surface area (Å²) >= 11 is 0. The number of carbonyl (C=O) groups excluding carboxylic acids is 1. The molecule has 2 amide bonds. The lowest BCUT2D eigenvalue weighted by atomic mass is 10.1. The summed E-state index contributed by atoms with van der Waals surface area (Å²) < 4.78 is 18.3. The van der Waals surface area contributed by atoms with E-state index in [9.17, 15) is 9.18 Å². The average molecular weight is 459 g/mol. The summed E-state index contributed by atoms with van der Waals surface area (Å²) in [6.45, 7) is 2.11. The van der Waals surface area contributed by atoms with Crippen molar-refractivity contribution < 1.29 is 13.6 Å². The highest BCUT2D eigenvalue weighted by Gasteiger charge is 2.23. The van der Waals surface area contributed by atoms with Crippen LogP contribution in [-0.2, 0) is 6.42 Å². The lowest BCUT2D eigenvalue weighted by Gasteiger charge is -2.34. The number of hydrogen-bond acceptors (Lipinski definition) is 5. The summed E-state index contributed by atoms with van der Waals surface area (Å²) in [6.07, 6.45) is 4.64. The molecule has 0 unspecified atom stereocenters. The van der Waals surface area contributed by atoms with Crippen LogP contribution in [0.5, 0.6) is 0 Å². The fourth-order valence-corrected chi connectivity index (χ4v) is 4.09. The molecule has 2 aromatic heterocycles. The van der Waals surface area contributed by atoms with Gasteiger partial charge in [0, 0.05) is 55.2 Å². The number of rotatable bonds is 6. The number of hydrogen-bond donors (Lipinski definition) is 1. The van der Waals surface area contributed by atoms with Gasteiger partial charge >= 0.3 is 6.03 Å². The Balaban J connectivity index is 1.18. The number of fused-ring (bicyclic) bond motifs is 1. The van der Waals surface area contributed by atoms with E-state index in [1.165, 1.54) is 0 Å². The first kappa shape index (κ1) is 21.9. The third-order valence-corrected chi connectivity index (χ3v) is 5.97. The van der Waals surface area contributed by atoms with Crippen LogP contribution in [0.3, 0.4) is 0 Å². The van der Waals surface area contributed by atoms with Crippen LogP contribution in [0.2, 0.25) is 0 Å². The number of carbonyl (C=O) groups is 1. The molecule has 8 heteroatoms. The molecule has 4 aromatic rings. The van der Waals surface area contributed by atoms with Gasteiger partial charge in [0.05, 0.1) is 6.67 Å². The minimum absolute atomic E-state index is 0.131. The van der Waals surface area contributed by atoms with Crippen molar-refractivity contribution in [3.63, 3.8) is 0 Å². The molecule has 1 saturated heterocycles. The van der Waals surface area contributed by atoms with Crippen LogP contribution in [0.1, 0.15) is 12.0 Å². The van der Waals surface area contributed by atoms with E-state index in [1.807, 2.05) is 54.6 Å². The number of halogens is 1. The third kappa shape index (κ3) is 4.85. The maximum Gasteiger partial charge on any atom is 0.321 e. The van der Waals surface area contributed by atoms with Crippen molar-refractivity contribution in [3.05, 3.63) is 72.6 Å². The van der Waals surface area contributed by atoms with Gasteiger partial charge in [0.25, 0.3) is 0 Å². The van der Waals surface area contributed by atoms with Gasteiger partial charge in [-0.1, -0.05) is 30.3 Å². The number of benzene rings is 2. The van der Waals surface area contributed by atoms with Gasteiger partial charge < -0.3 is 19.5 Å². The summed E-state index contributed by atoms with van der Waals surface area (Å²) in [6, 6.07) is 17.5. The van der Waals surface area contributed by atoms with Gasteiger partial charge in [0.15, 0.2) is 0 Å². The highest BCUT2D eigenvalue weighted by Crippen LogP contribution is 2.29. The molecule has 1 aliphatic rings. The summed E-state index contributed by atoms with van der Waals surface area (Å²) in [4.78, 5) is 25.5. The summed E-state index contributed by atoms with van der Waals surface area (Å²) in [5, 5.41) is 3.94. The number of anilines is 2. The van der Waals surface area contributed by atoms with Crippen LogP contribution >= 0.6 is 0 Å². The smallest absolute Gasteiger partial charge is 0.321 e. The van der Waals surface area contributed by atoms with Gasteiger partial charge in [0.2, 0.25) is 5.95 Å². The van der Waals surface area contributed by atoms with E-state index in [4.69, 9.17) is 4.42 Å². The standard InChI is InChI=1S/C26H26FN5O2/c27-10-4-5-19-17-28-25(29-18-19)31-11-13-32(14-12-31)26(33)30-22-8-9-23-21(15-22)16-24(34-23)20-6-2-1-3-7-20/h1-3,6-9,15-18H,4-5,10-14H2,(H,30,33)/i27-1. The van der Waals surface area contributed by atoms with Crippen LogP contribution in [0.4, 0.5) is 20.8 Å². The Kier molecular flexibility index (Phi) is 6.38. The van der Waals surface area contributed by atoms with Crippen molar-refractivity contribution in [2.75, 3.05) is 43.1 Å². The van der Waals surface area contributed by atoms with Gasteiger partial charge in [-0.15, -0.1) is 0 Å². The number of amides is 2. The lowest BCUT2D eigenvalue weighted by Crippen LogP contribution is -2.50. The second-order valence-corrected chi connectivity index (χ2v) is 8.32. The molecular weight excluding hydrogens is 432 g/mol. The maximum absolute atomic E-state index is 12.8. The molecule has 0 radical (unpaired) electrons. The Morgan fingerprint density at radius 2 is 1.76 bits per heavy atom. The number of urea groups is 1. The Bertz CT molecular complexity index is 1250. The number of alkyl halides is 1. The Morgan fingerprint density at radius 3 is 2.50 bits per heavy atom. The number of piperazine rings is 1. The first-order valence-corrected chi connectivity index (χ1v) is 11.5. The summed E-state index contributed by atoms with van der Waals surface area (Å²) in [5.41, 5.74) is 3.46. The van der Waals surface area contributed by atoms with Gasteiger partial charge in [0.1, 0.15) is 11.3 Å². The number of aryl methyl sites for hydroxylation is 1. The molecule has 0 aliphatic carbocycles. The second-order valence-electron chi connectivity index (χ2n) is 8.32. The fourth-order valence-electron chi connectivity index (χ4n) is 4.09. The number of nitrogens with one attached hydrogen (secondary N) is 1. The first-order chi connectivity index (χ1) is 16.7. The van der Waals surface area contributed by atoms with Crippen molar-refractivity contribution in [2.24, 2.45) is 0 Å². The molecule has 174 valence electrons. The van der Waals surface area contributed by atoms with Crippen LogP contribution in [0.15, 0.2) is 71.4 Å². The minimum Gasteiger partial charge on any atom is -0.456 e. The zero-order chi connectivity index (χ0) is 23.3. The number of aromatic nitrogens is 2. The molecule has 0 bridgehead atoms. The average Bonchev–Trinajstić information content (AvgIpc) is 3.32. The molecule has 0 atom stereocenters. The molecule has 2 aromatic carbocycles. The topological polar surface area (TPSA) is 74.5 Å². The van der Waals surface area contributed by atoms with Crippen LogP contribution < -0.4 is 10.2 Å². The van der Waals surface area contributed by atoms with Crippen LogP contribution in [-0.4, -0.2) is 53.8 Å². The zero-order valence-electron chi connectivity index (χ0n) is 18.8. The van der Waals surface area contributed by atoms with E-state index in [2.05, 4.69) is 20.2 Å². The maximum atomic E-state index is 12.8. The molecular formula is C26H26FN5O2. The zero-order valence-corrected chi connectivity index (χ0v) is 18.8. The van der Waals surface area contributed by atoms with Gasteiger partial charge in [-0.25, -0.2) is 14.8 Å². The summed E-state index contributed by atoms with van der Waals surface area (Å²) in [7, 11) is 0. The van der Waals surface area contributed by atoms with Crippen molar-refractivity contribution in [3.8, 4) is 11.3 Å². The van der Waals surface area contributed by atoms with Gasteiger partial charge in [-0.3, -0.25) is 4.39 Å². The Hall–Kier alpha value is -3.94. The summed E-state index contributed by atoms with van der Waals surface area (Å²) in [5.74, 6) is 1.44. The van der Waals surface area contributed by atoms with E-state index in [1.54, 1.807) is 17.3 Å². The molecule has 3 heterocycles. The molecule has 0 spiro atoms. The first-order valence-electron chi connectivity index (χ1n) is 11.5. The fraction of sp³-hybridized carbons (Fsp3) is 0.269. The van der Waals surface area contributed by atoms with E-state index >= 15 is 0 Å². The molecule has 7 nitrogen and oxygen atoms in total. The van der Waals surface area contributed by atoms with Crippen molar-refractivity contribution >= 4 is 28.6 Å². The van der Waals surface area contributed by atoms with Gasteiger partial charge in [-0.2, -0.15) is 0 Å². The second kappa shape index (κ2) is 9.91. The number of furan rings is 1. The predicted octanol–water partition coefficient (Wildman–Crippen LogP) is 5.15. The van der Waals surface area contributed by atoms with E-state index < -0.39 is 0 Å². The lowest BCUT2D eigenvalue weighted by molar-refractivity contribution is 0.208. The molecule has 1 fully saturated rings. The Labute approximate surface area is 197 Å². The molecule has 1 aliphatic heterocycles. The largest absolute Gasteiger partial charge is 0.456 e. The minimum atomic E-state index is -0.337. The van der Waals surface area contributed by atoms with Gasteiger partial charge in [-0.05, 0) is 42.7 Å². The van der Waals surface area contributed by atoms with Crippen molar-refractivity contribution in [1.82, 2.24) is 14.9 Å². The quantitative estimate of drug-likeness (QED) is 0.433. The molecule has 1 N–H and O–H groups in total. The number of nitrogens with zero attached hydrogens (tertiary/aromatic N) is 4. The normalized spacial score (nSPS) is 13.9. The highest BCUT2D eigenvalue weighted by atomic mass is 18.2. The SMILES string of the molecule is O=C(Nc1ccc2oc(-c3ccccc3)cc2c1)N1CCN(c2ncc(CCC[18F])cn2)CC1. The molecule has 5 rings (SSSR count). The van der Waals surface area contributed by atoms with Crippen LogP contribution in [0, 0.1) is 0 Å². The monoisotopic (exact) mass is 458 g/mol. The van der Waals surface area contributed by atoms with E-state index in [0.717, 1.165) is 33.5 Å². The van der Waals surface area contributed by atoms with E-state index in [0.29, 0.717) is 45.0 Å². The van der Waals surface area contributed by atoms with Crippen molar-refractivity contribution in [1.29, 1.82) is 0 Å².